The van der Waals surface area contributed by atoms with E-state index in [-0.39, 0.29) is 25.0 Å². The third kappa shape index (κ3) is 2.01. The van der Waals surface area contributed by atoms with Crippen LogP contribution in [0.4, 0.5) is 0 Å². The van der Waals surface area contributed by atoms with Crippen molar-refractivity contribution in [2.45, 2.75) is 13.2 Å². The first kappa shape index (κ1) is 10.6. The molecule has 0 unspecified atom stereocenters. The summed E-state index contributed by atoms with van der Waals surface area (Å²) in [5.41, 5.74) is 1.67. The predicted octanol–water partition coefficient (Wildman–Crippen LogP) is 0.604. The summed E-state index contributed by atoms with van der Waals surface area (Å²) in [7, 11) is 0. The second kappa shape index (κ2) is 4.28. The van der Waals surface area contributed by atoms with Crippen LogP contribution in [0.1, 0.15) is 11.1 Å². The fourth-order valence-electron chi connectivity index (χ4n) is 1.52. The van der Waals surface area contributed by atoms with Crippen molar-refractivity contribution in [3.63, 3.8) is 0 Å². The highest BCUT2D eigenvalue weighted by Gasteiger charge is 2.22. The number of hydrogen-bond acceptors (Lipinski definition) is 3. The van der Waals surface area contributed by atoms with Crippen LogP contribution in [0.5, 0.6) is 0 Å². The number of hydrogen-bond donors (Lipinski definition) is 1. The van der Waals surface area contributed by atoms with Crippen LogP contribution in [0.15, 0.2) is 36.4 Å². The molecule has 1 heterocycles. The Morgan fingerprint density at radius 2 is 1.44 bits per heavy atom. The zero-order valence-corrected chi connectivity index (χ0v) is 8.59. The third-order valence-corrected chi connectivity index (χ3v) is 2.45. The lowest BCUT2D eigenvalue weighted by molar-refractivity contribution is -0.137. The Labute approximate surface area is 92.8 Å². The van der Waals surface area contributed by atoms with Crippen LogP contribution in [0.2, 0.25) is 0 Å². The summed E-state index contributed by atoms with van der Waals surface area (Å²) < 4.78 is 0. The number of aliphatic hydroxyl groups is 1. The zero-order valence-electron chi connectivity index (χ0n) is 8.59. The summed E-state index contributed by atoms with van der Waals surface area (Å²) in [5.74, 6) is -0.563. The van der Waals surface area contributed by atoms with Crippen molar-refractivity contribution in [2.75, 3.05) is 0 Å². The van der Waals surface area contributed by atoms with Gasteiger partial charge in [0.1, 0.15) is 0 Å². The van der Waals surface area contributed by atoms with Gasteiger partial charge in [0.25, 0.3) is 11.8 Å². The maximum atomic E-state index is 11.3. The first-order valence-electron chi connectivity index (χ1n) is 4.93. The molecule has 0 fully saturated rings. The van der Waals surface area contributed by atoms with Crippen molar-refractivity contribution < 1.29 is 14.7 Å². The molecule has 16 heavy (non-hydrogen) atoms. The summed E-state index contributed by atoms with van der Waals surface area (Å²) in [6, 6.07) is 7.14. The fourth-order valence-corrected chi connectivity index (χ4v) is 1.52. The Kier molecular flexibility index (Phi) is 2.83. The number of carbonyl (C=O) groups is 2. The topological polar surface area (TPSA) is 57.6 Å². The van der Waals surface area contributed by atoms with Crippen LogP contribution in [0.3, 0.4) is 0 Å². The fraction of sp³-hybridized carbons (Fsp3) is 0.167. The van der Waals surface area contributed by atoms with Gasteiger partial charge in [0.2, 0.25) is 0 Å². The number of nitrogens with zero attached hydrogens (tertiary/aromatic N) is 1. The molecular weight excluding hydrogens is 206 g/mol. The summed E-state index contributed by atoms with van der Waals surface area (Å²) in [5, 5.41) is 8.87. The highest BCUT2D eigenvalue weighted by Crippen LogP contribution is 2.11. The molecule has 0 aliphatic carbocycles. The van der Waals surface area contributed by atoms with E-state index in [1.807, 2.05) is 0 Å². The van der Waals surface area contributed by atoms with Gasteiger partial charge in [0.05, 0.1) is 13.2 Å². The van der Waals surface area contributed by atoms with E-state index < -0.39 is 0 Å². The average molecular weight is 217 g/mol. The Morgan fingerprint density at radius 1 is 0.938 bits per heavy atom. The van der Waals surface area contributed by atoms with Crippen LogP contribution in [-0.4, -0.2) is 21.8 Å². The minimum absolute atomic E-state index is 0.0105. The number of rotatable bonds is 3. The minimum atomic E-state index is -0.281. The Hall–Kier alpha value is -1.94. The van der Waals surface area contributed by atoms with Crippen molar-refractivity contribution in [1.82, 2.24) is 4.90 Å². The molecule has 0 radical (unpaired) electrons. The molecule has 1 N–H and O–H groups in total. The number of imide groups is 1. The van der Waals surface area contributed by atoms with Gasteiger partial charge in [0, 0.05) is 12.2 Å². The molecule has 1 aromatic carbocycles. The van der Waals surface area contributed by atoms with E-state index in [0.717, 1.165) is 11.1 Å². The first-order chi connectivity index (χ1) is 7.70. The van der Waals surface area contributed by atoms with Gasteiger partial charge >= 0.3 is 0 Å². The number of aliphatic hydroxyl groups excluding tert-OH is 1. The van der Waals surface area contributed by atoms with Crippen molar-refractivity contribution in [3.05, 3.63) is 47.5 Å². The van der Waals surface area contributed by atoms with E-state index in [0.29, 0.717) is 0 Å². The molecule has 4 heteroatoms. The zero-order chi connectivity index (χ0) is 11.5. The van der Waals surface area contributed by atoms with E-state index in [2.05, 4.69) is 0 Å². The molecule has 2 amide bonds. The molecule has 82 valence electrons. The Bertz CT molecular complexity index is 430. The summed E-state index contributed by atoms with van der Waals surface area (Å²) in [4.78, 5) is 23.8. The quantitative estimate of drug-likeness (QED) is 0.754. The Balaban J connectivity index is 2.09. The SMILES string of the molecule is O=C1C=CC(=O)N1Cc1ccc(CO)cc1. The minimum Gasteiger partial charge on any atom is -0.392 e. The van der Waals surface area contributed by atoms with Crippen LogP contribution in [-0.2, 0) is 22.7 Å². The smallest absolute Gasteiger partial charge is 0.253 e. The maximum Gasteiger partial charge on any atom is 0.253 e. The number of amides is 2. The standard InChI is InChI=1S/C12H11NO3/c14-8-10-3-1-9(2-4-10)7-13-11(15)5-6-12(13)16/h1-6,14H,7-8H2. The van der Waals surface area contributed by atoms with Gasteiger partial charge in [-0.25, -0.2) is 0 Å². The molecule has 0 spiro atoms. The lowest BCUT2D eigenvalue weighted by atomic mass is 10.1. The molecule has 0 atom stereocenters. The van der Waals surface area contributed by atoms with E-state index in [9.17, 15) is 9.59 Å². The van der Waals surface area contributed by atoms with E-state index >= 15 is 0 Å². The molecule has 1 aliphatic rings. The van der Waals surface area contributed by atoms with Crippen molar-refractivity contribution >= 4 is 11.8 Å². The van der Waals surface area contributed by atoms with Gasteiger partial charge in [-0.15, -0.1) is 0 Å². The summed E-state index contributed by atoms with van der Waals surface area (Å²) in [6.07, 6.45) is 2.54. The van der Waals surface area contributed by atoms with Gasteiger partial charge in [0.15, 0.2) is 0 Å². The summed E-state index contributed by atoms with van der Waals surface area (Å²) in [6.45, 7) is 0.264. The largest absolute Gasteiger partial charge is 0.392 e. The van der Waals surface area contributed by atoms with E-state index in [1.54, 1.807) is 24.3 Å². The second-order valence-electron chi connectivity index (χ2n) is 3.57. The van der Waals surface area contributed by atoms with Crippen molar-refractivity contribution in [1.29, 1.82) is 0 Å². The monoisotopic (exact) mass is 217 g/mol. The summed E-state index contributed by atoms with van der Waals surface area (Å²) >= 11 is 0. The molecule has 2 rings (SSSR count). The van der Waals surface area contributed by atoms with Crippen LogP contribution < -0.4 is 0 Å². The predicted molar refractivity (Wildman–Crippen MR) is 57.1 cm³/mol. The second-order valence-corrected chi connectivity index (χ2v) is 3.57. The maximum absolute atomic E-state index is 11.3. The Morgan fingerprint density at radius 3 is 1.94 bits per heavy atom. The van der Waals surface area contributed by atoms with Gasteiger partial charge in [-0.05, 0) is 11.1 Å². The molecule has 0 aromatic heterocycles. The highest BCUT2D eigenvalue weighted by molar-refractivity contribution is 6.12. The van der Waals surface area contributed by atoms with Gasteiger partial charge < -0.3 is 5.11 Å². The first-order valence-corrected chi connectivity index (χ1v) is 4.93. The molecular formula is C12H11NO3. The van der Waals surface area contributed by atoms with Crippen molar-refractivity contribution in [2.24, 2.45) is 0 Å². The van der Waals surface area contributed by atoms with Gasteiger partial charge in [-0.2, -0.15) is 0 Å². The highest BCUT2D eigenvalue weighted by atomic mass is 16.3. The molecule has 1 aromatic rings. The molecule has 1 aliphatic heterocycles. The third-order valence-electron chi connectivity index (χ3n) is 2.45. The molecule has 4 nitrogen and oxygen atoms in total. The molecule has 0 saturated carbocycles. The average Bonchev–Trinajstić information content (AvgIpc) is 2.62. The van der Waals surface area contributed by atoms with Crippen LogP contribution in [0, 0.1) is 0 Å². The molecule has 0 saturated heterocycles. The lowest BCUT2D eigenvalue weighted by Gasteiger charge is -2.13. The number of carbonyl (C=O) groups excluding carboxylic acids is 2. The van der Waals surface area contributed by atoms with Crippen LogP contribution in [0.25, 0.3) is 0 Å². The van der Waals surface area contributed by atoms with Gasteiger partial charge in [-0.1, -0.05) is 24.3 Å². The lowest BCUT2D eigenvalue weighted by Crippen LogP contribution is -2.29. The molecule has 0 bridgehead atoms. The van der Waals surface area contributed by atoms with E-state index in [1.165, 1.54) is 17.1 Å². The number of benzene rings is 1. The van der Waals surface area contributed by atoms with Gasteiger partial charge in [-0.3, -0.25) is 14.5 Å². The van der Waals surface area contributed by atoms with E-state index in [4.69, 9.17) is 5.11 Å². The van der Waals surface area contributed by atoms with Crippen molar-refractivity contribution in [3.8, 4) is 0 Å². The normalized spacial score (nSPS) is 14.9. The van der Waals surface area contributed by atoms with Crippen LogP contribution >= 0.6 is 0 Å².